The molecule has 162 valence electrons. The molecule has 3 aromatic heterocycles. The summed E-state index contributed by atoms with van der Waals surface area (Å²) in [6, 6.07) is 6.05. The van der Waals surface area contributed by atoms with Gasteiger partial charge in [-0.1, -0.05) is 6.07 Å². The van der Waals surface area contributed by atoms with E-state index in [9.17, 15) is 22.8 Å². The molecule has 0 aromatic carbocycles. The lowest BCUT2D eigenvalue weighted by Gasteiger charge is -2.32. The van der Waals surface area contributed by atoms with E-state index in [1.165, 1.54) is 6.92 Å². The van der Waals surface area contributed by atoms with Crippen LogP contribution in [0.15, 0.2) is 29.1 Å². The normalized spacial score (nSPS) is 17.2. The van der Waals surface area contributed by atoms with E-state index in [-0.39, 0.29) is 29.6 Å². The Labute approximate surface area is 175 Å². The minimum absolute atomic E-state index is 0.173. The Balaban J connectivity index is 1.73. The van der Waals surface area contributed by atoms with E-state index in [1.807, 2.05) is 0 Å². The number of pyridine rings is 2. The number of rotatable bonds is 2. The fourth-order valence-corrected chi connectivity index (χ4v) is 3.93. The highest BCUT2D eigenvalue weighted by Gasteiger charge is 2.36. The molecule has 4 rings (SSSR count). The molecular formula is C21H20F3N5O2. The molecule has 1 aliphatic rings. The lowest BCUT2D eigenvalue weighted by Crippen LogP contribution is -2.39. The number of nitrogens with zero attached hydrogens (tertiary/aromatic N) is 4. The molecule has 0 spiro atoms. The predicted octanol–water partition coefficient (Wildman–Crippen LogP) is 3.37. The third-order valence-corrected chi connectivity index (χ3v) is 5.35. The number of halogens is 3. The zero-order chi connectivity index (χ0) is 22.3. The average Bonchev–Trinajstić information content (AvgIpc) is 2.71. The quantitative estimate of drug-likeness (QED) is 0.672. The van der Waals surface area contributed by atoms with Crippen molar-refractivity contribution in [3.63, 3.8) is 0 Å². The summed E-state index contributed by atoms with van der Waals surface area (Å²) in [6.45, 7) is 3.97. The first-order chi connectivity index (χ1) is 14.6. The van der Waals surface area contributed by atoms with E-state index >= 15 is 0 Å². The lowest BCUT2D eigenvalue weighted by atomic mass is 9.92. The average molecular weight is 431 g/mol. The van der Waals surface area contributed by atoms with Crippen molar-refractivity contribution in [3.05, 3.63) is 63.1 Å². The third kappa shape index (κ3) is 4.14. The fourth-order valence-electron chi connectivity index (χ4n) is 3.93. The van der Waals surface area contributed by atoms with Gasteiger partial charge in [-0.3, -0.25) is 9.59 Å². The van der Waals surface area contributed by atoms with Gasteiger partial charge in [0.15, 0.2) is 5.65 Å². The maximum atomic E-state index is 13.7. The molecule has 31 heavy (non-hydrogen) atoms. The smallest absolute Gasteiger partial charge is 0.337 e. The monoisotopic (exact) mass is 431 g/mol. The van der Waals surface area contributed by atoms with Gasteiger partial charge in [-0.2, -0.15) is 13.2 Å². The zero-order valence-electron chi connectivity index (χ0n) is 17.0. The van der Waals surface area contributed by atoms with E-state index in [0.29, 0.717) is 30.8 Å². The third-order valence-electron chi connectivity index (χ3n) is 5.35. The van der Waals surface area contributed by atoms with Crippen LogP contribution < -0.4 is 5.56 Å². The molecule has 0 saturated carbocycles. The number of carbonyl (C=O) groups excluding carboxylic acids is 1. The summed E-state index contributed by atoms with van der Waals surface area (Å²) in [5.41, 5.74) is -1.00. The molecule has 1 N–H and O–H groups in total. The number of piperidine rings is 1. The molecule has 1 fully saturated rings. The van der Waals surface area contributed by atoms with Gasteiger partial charge in [0.1, 0.15) is 11.5 Å². The van der Waals surface area contributed by atoms with Gasteiger partial charge in [0.2, 0.25) is 0 Å². The van der Waals surface area contributed by atoms with Gasteiger partial charge in [0.05, 0.1) is 10.9 Å². The number of aromatic amines is 1. The van der Waals surface area contributed by atoms with Gasteiger partial charge in [-0.05, 0) is 44.9 Å². The summed E-state index contributed by atoms with van der Waals surface area (Å²) in [5.74, 6) is -0.494. The van der Waals surface area contributed by atoms with Crippen LogP contribution in [0.2, 0.25) is 0 Å². The largest absolute Gasteiger partial charge is 0.417 e. The molecule has 1 aliphatic heterocycles. The maximum Gasteiger partial charge on any atom is 0.417 e. The van der Waals surface area contributed by atoms with Crippen molar-refractivity contribution in [2.45, 2.75) is 38.8 Å². The Morgan fingerprint density at radius 1 is 1.19 bits per heavy atom. The van der Waals surface area contributed by atoms with Crippen LogP contribution >= 0.6 is 0 Å². The van der Waals surface area contributed by atoms with E-state index in [0.717, 1.165) is 6.07 Å². The molecule has 3 aromatic rings. The highest BCUT2D eigenvalue weighted by atomic mass is 19.4. The maximum absolute atomic E-state index is 13.7. The summed E-state index contributed by atoms with van der Waals surface area (Å²) in [6.07, 6.45) is -3.55. The summed E-state index contributed by atoms with van der Waals surface area (Å²) in [4.78, 5) is 41.5. The fraction of sp³-hybridized carbons (Fsp3) is 0.381. The summed E-state index contributed by atoms with van der Waals surface area (Å²) in [5, 5.41) is -0.574. The van der Waals surface area contributed by atoms with Gasteiger partial charge < -0.3 is 9.88 Å². The van der Waals surface area contributed by atoms with Crippen molar-refractivity contribution >= 4 is 16.9 Å². The second kappa shape index (κ2) is 7.75. The molecule has 10 heteroatoms. The van der Waals surface area contributed by atoms with Gasteiger partial charge in [-0.15, -0.1) is 0 Å². The summed E-state index contributed by atoms with van der Waals surface area (Å²) in [7, 11) is 0. The minimum Gasteiger partial charge on any atom is -0.337 e. The van der Waals surface area contributed by atoms with E-state index < -0.39 is 28.6 Å². The topological polar surface area (TPSA) is 91.8 Å². The van der Waals surface area contributed by atoms with Crippen LogP contribution in [0.4, 0.5) is 13.2 Å². The first kappa shape index (κ1) is 21.0. The number of aryl methyl sites for hydroxylation is 2. The number of H-pyrrole nitrogens is 1. The highest BCUT2D eigenvalue weighted by Crippen LogP contribution is 2.36. The van der Waals surface area contributed by atoms with Gasteiger partial charge in [-0.25, -0.2) is 15.0 Å². The Bertz CT molecular complexity index is 1220. The lowest BCUT2D eigenvalue weighted by molar-refractivity contribution is -0.136. The van der Waals surface area contributed by atoms with Crippen LogP contribution in [-0.2, 0) is 6.18 Å². The number of nitrogens with one attached hydrogen (secondary N) is 1. The predicted molar refractivity (Wildman–Crippen MR) is 107 cm³/mol. The molecule has 0 bridgehead atoms. The SMILES string of the molecule is Cc1cccc(C(=O)N2CCC[C@@H](c3cc(C(F)(F)F)c4c(=O)[nH]c(C)nc4n3)C2)n1. The zero-order valence-corrected chi connectivity index (χ0v) is 17.0. The number of alkyl halides is 3. The van der Waals surface area contributed by atoms with Gasteiger partial charge >= 0.3 is 6.18 Å². The van der Waals surface area contributed by atoms with Crippen LogP contribution in [0.25, 0.3) is 11.0 Å². The standard InChI is InChI=1S/C21H20F3N5O2/c1-11-5-3-7-15(25-11)20(31)29-8-4-6-13(10-29)16-9-14(21(22,23)24)17-18(28-16)26-12(2)27-19(17)30/h3,5,7,9,13H,4,6,8,10H2,1-2H3,(H,26,27,28,30)/t13-/m1/s1. The molecule has 1 amide bonds. The number of hydrogen-bond donors (Lipinski definition) is 1. The molecule has 0 aliphatic carbocycles. The van der Waals surface area contributed by atoms with Crippen molar-refractivity contribution in [3.8, 4) is 0 Å². The number of hydrogen-bond acceptors (Lipinski definition) is 5. The van der Waals surface area contributed by atoms with Crippen molar-refractivity contribution in [1.29, 1.82) is 0 Å². The number of likely N-dealkylation sites (tertiary alicyclic amines) is 1. The summed E-state index contributed by atoms with van der Waals surface area (Å²) >= 11 is 0. The first-order valence-electron chi connectivity index (χ1n) is 9.85. The van der Waals surface area contributed by atoms with Gasteiger partial charge in [0, 0.05) is 30.4 Å². The Kier molecular flexibility index (Phi) is 5.24. The molecule has 4 heterocycles. The van der Waals surface area contributed by atoms with Crippen LogP contribution in [0.5, 0.6) is 0 Å². The molecule has 0 unspecified atom stereocenters. The van der Waals surface area contributed by atoms with E-state index in [2.05, 4.69) is 19.9 Å². The molecule has 1 atom stereocenters. The van der Waals surface area contributed by atoms with Crippen LogP contribution in [0, 0.1) is 13.8 Å². The van der Waals surface area contributed by atoms with Crippen molar-refractivity contribution in [1.82, 2.24) is 24.8 Å². The van der Waals surface area contributed by atoms with E-state index in [1.54, 1.807) is 30.0 Å². The minimum atomic E-state index is -4.74. The van der Waals surface area contributed by atoms with Crippen LogP contribution in [-0.4, -0.2) is 43.8 Å². The molecule has 1 saturated heterocycles. The number of amides is 1. The first-order valence-corrected chi connectivity index (χ1v) is 9.85. The van der Waals surface area contributed by atoms with E-state index in [4.69, 9.17) is 0 Å². The summed E-state index contributed by atoms with van der Waals surface area (Å²) < 4.78 is 41.2. The number of carbonyl (C=O) groups is 1. The van der Waals surface area contributed by atoms with Crippen LogP contribution in [0.1, 0.15) is 52.0 Å². The van der Waals surface area contributed by atoms with Crippen molar-refractivity contribution in [2.75, 3.05) is 13.1 Å². The Morgan fingerprint density at radius 2 is 1.97 bits per heavy atom. The Hall–Kier alpha value is -3.30. The van der Waals surface area contributed by atoms with Crippen molar-refractivity contribution in [2.24, 2.45) is 0 Å². The van der Waals surface area contributed by atoms with Crippen LogP contribution in [0.3, 0.4) is 0 Å². The van der Waals surface area contributed by atoms with Crippen molar-refractivity contribution < 1.29 is 18.0 Å². The van der Waals surface area contributed by atoms with Gasteiger partial charge in [0.25, 0.3) is 11.5 Å². The molecular weight excluding hydrogens is 411 g/mol. The number of aromatic nitrogens is 4. The highest BCUT2D eigenvalue weighted by molar-refractivity contribution is 5.92. The number of fused-ring (bicyclic) bond motifs is 1. The Morgan fingerprint density at radius 3 is 2.68 bits per heavy atom. The second-order valence-corrected chi connectivity index (χ2v) is 7.70. The second-order valence-electron chi connectivity index (χ2n) is 7.70. The molecule has 7 nitrogen and oxygen atoms in total. The molecule has 0 radical (unpaired) electrons.